The fourth-order valence-electron chi connectivity index (χ4n) is 5.15. The van der Waals surface area contributed by atoms with E-state index in [9.17, 15) is 0 Å². The average Bonchev–Trinajstić information content (AvgIpc) is 3.63. The molecule has 0 amide bonds. The van der Waals surface area contributed by atoms with Crippen molar-refractivity contribution < 1.29 is 23.3 Å². The molecule has 0 atom stereocenters. The molecule has 0 aliphatic heterocycles. The van der Waals surface area contributed by atoms with Crippen molar-refractivity contribution in [3.63, 3.8) is 0 Å². The maximum absolute atomic E-state index is 2.35. The second-order valence-corrected chi connectivity index (χ2v) is 17.4. The molecule has 7 rings (SSSR count). The van der Waals surface area contributed by atoms with Crippen molar-refractivity contribution in [3.8, 4) is 0 Å². The van der Waals surface area contributed by atoms with Gasteiger partial charge in [0.2, 0.25) is 0 Å². The van der Waals surface area contributed by atoms with E-state index in [2.05, 4.69) is 148 Å². The predicted molar refractivity (Wildman–Crippen MR) is 171 cm³/mol. The van der Waals surface area contributed by atoms with Crippen LogP contribution in [0.1, 0.15) is 25.0 Å². The molecule has 0 spiro atoms. The van der Waals surface area contributed by atoms with E-state index in [1.54, 1.807) is 28.5 Å². The number of hydrogen-bond acceptors (Lipinski definition) is 0. The number of aryl methyl sites for hydroxylation is 2. The summed E-state index contributed by atoms with van der Waals surface area (Å²) in [6, 6.07) is 46.0. The summed E-state index contributed by atoms with van der Waals surface area (Å²) in [6.45, 7) is 6.76. The van der Waals surface area contributed by atoms with Crippen LogP contribution in [0.5, 0.6) is 0 Å². The van der Waals surface area contributed by atoms with Crippen molar-refractivity contribution >= 4 is 53.7 Å². The van der Waals surface area contributed by atoms with Gasteiger partial charge in [-0.1, -0.05) is 96.1 Å². The van der Waals surface area contributed by atoms with Crippen LogP contribution < -0.4 is 5.19 Å². The zero-order valence-corrected chi connectivity index (χ0v) is 26.5. The quantitative estimate of drug-likeness (QED) is 0.141. The Hall–Kier alpha value is -3.06. The molecule has 0 unspecified atom stereocenters. The van der Waals surface area contributed by atoms with Gasteiger partial charge in [0.1, 0.15) is 0 Å². The Balaban J connectivity index is 0.000000123. The van der Waals surface area contributed by atoms with Gasteiger partial charge in [0.25, 0.3) is 0 Å². The molecule has 0 N–H and O–H groups in total. The Morgan fingerprint density at radius 3 is 1.36 bits per heavy atom. The van der Waals surface area contributed by atoms with Crippen LogP contribution in [0.3, 0.4) is 0 Å². The number of rotatable bonds is 3. The number of benzene rings is 5. The van der Waals surface area contributed by atoms with E-state index < -0.39 is 0 Å². The molecule has 0 fully saturated rings. The Labute approximate surface area is 247 Å². The van der Waals surface area contributed by atoms with E-state index >= 15 is 0 Å². The summed E-state index contributed by atoms with van der Waals surface area (Å²) in [5.74, 6) is 0. The third-order valence-corrected chi connectivity index (χ3v) is 10.7. The number of fused-ring (bicyclic) bond motifs is 6. The molecule has 0 saturated heterocycles. The van der Waals surface area contributed by atoms with Gasteiger partial charge in [-0.05, 0) is 12.8 Å². The Kier molecular flexibility index (Phi) is 9.07. The molecule has 0 aliphatic carbocycles. The standard InChI is InChI=1S/2C15H13.C7H8Si.Zr/c2*1-2-11-9-13-8-7-12-5-3-4-6-14(12)15(13)10-11;1-8-7-5-3-2-4-6-7;/h2*3-10H,2H2,1H3;2-6H,1H3;/q2*-1;;+2. The van der Waals surface area contributed by atoms with Crippen LogP contribution in [0.2, 0.25) is 6.55 Å². The summed E-state index contributed by atoms with van der Waals surface area (Å²) < 4.78 is 0. The Morgan fingerprint density at radius 1 is 0.538 bits per heavy atom. The monoisotopic (exact) mass is 596 g/mol. The summed E-state index contributed by atoms with van der Waals surface area (Å²) in [5, 5.41) is 12.5. The first kappa shape index (κ1) is 27.5. The summed E-state index contributed by atoms with van der Waals surface area (Å²) in [7, 11) is 0. The molecule has 0 saturated carbocycles. The third-order valence-electron chi connectivity index (χ3n) is 7.37. The third kappa shape index (κ3) is 6.40. The number of hydrogen-bond donors (Lipinski definition) is 0. The van der Waals surface area contributed by atoms with E-state index in [0.717, 1.165) is 12.8 Å². The Morgan fingerprint density at radius 2 is 0.949 bits per heavy atom. The van der Waals surface area contributed by atoms with Crippen molar-refractivity contribution in [2.45, 2.75) is 33.2 Å². The molecule has 2 heteroatoms. The second kappa shape index (κ2) is 12.9. The first-order chi connectivity index (χ1) is 19.1. The summed E-state index contributed by atoms with van der Waals surface area (Å²) >= 11 is 1.69. The zero-order chi connectivity index (χ0) is 27.2. The van der Waals surface area contributed by atoms with Crippen LogP contribution in [0.25, 0.3) is 43.1 Å². The van der Waals surface area contributed by atoms with E-state index in [4.69, 9.17) is 0 Å². The predicted octanol–water partition coefficient (Wildman–Crippen LogP) is 9.61. The molecular weight excluding hydrogens is 564 g/mol. The van der Waals surface area contributed by atoms with Crippen molar-refractivity contribution in [1.29, 1.82) is 0 Å². The molecular formula is C37H34SiZr. The normalized spacial score (nSPS) is 10.8. The van der Waals surface area contributed by atoms with Gasteiger partial charge < -0.3 is 0 Å². The summed E-state index contributed by atoms with van der Waals surface area (Å²) in [4.78, 5) is 0. The van der Waals surface area contributed by atoms with Crippen molar-refractivity contribution in [2.75, 3.05) is 0 Å². The molecule has 0 aliphatic rings. The van der Waals surface area contributed by atoms with Crippen molar-refractivity contribution in [3.05, 3.63) is 139 Å². The molecule has 0 heterocycles. The first-order valence-electron chi connectivity index (χ1n) is 13.8. The van der Waals surface area contributed by atoms with Gasteiger partial charge in [0.15, 0.2) is 0 Å². The minimum absolute atomic E-state index is 0.122. The van der Waals surface area contributed by atoms with Gasteiger partial charge in [0, 0.05) is 0 Å². The van der Waals surface area contributed by atoms with Crippen molar-refractivity contribution in [1.82, 2.24) is 0 Å². The fraction of sp³-hybridized carbons (Fsp3) is 0.135. The molecule has 0 nitrogen and oxygen atoms in total. The van der Waals surface area contributed by atoms with E-state index in [1.807, 2.05) is 0 Å². The van der Waals surface area contributed by atoms with E-state index in [-0.39, 0.29) is 5.43 Å². The summed E-state index contributed by atoms with van der Waals surface area (Å²) in [6.07, 6.45) is 2.23. The second-order valence-electron chi connectivity index (χ2n) is 10.0. The van der Waals surface area contributed by atoms with Crippen LogP contribution in [0, 0.1) is 0 Å². The topological polar surface area (TPSA) is 0 Å². The van der Waals surface area contributed by atoms with E-state index in [1.165, 1.54) is 54.2 Å². The summed E-state index contributed by atoms with van der Waals surface area (Å²) in [5.41, 5.74) is 2.74. The van der Waals surface area contributed by atoms with Crippen LogP contribution >= 0.6 is 0 Å². The van der Waals surface area contributed by atoms with Gasteiger partial charge in [-0.3, -0.25) is 0 Å². The van der Waals surface area contributed by atoms with Gasteiger partial charge >= 0.3 is 70.8 Å². The molecule has 0 radical (unpaired) electrons. The zero-order valence-electron chi connectivity index (χ0n) is 23.0. The first-order valence-corrected chi connectivity index (χ1v) is 19.5. The van der Waals surface area contributed by atoms with Crippen LogP contribution in [-0.2, 0) is 36.2 Å². The Bertz CT molecular complexity index is 1740. The van der Waals surface area contributed by atoms with Crippen LogP contribution in [-0.4, -0.2) is 5.43 Å². The molecule has 7 aromatic carbocycles. The SMILES string of the molecule is CCc1cc2ccc3ccccc3c2[cH-]1.CCc1cc2ccc3ccccc3c2[cH-]1.C[Si](=[Zr+2])c1ccccc1. The van der Waals surface area contributed by atoms with Gasteiger partial charge in [-0.15, -0.1) is 56.9 Å². The van der Waals surface area contributed by atoms with Crippen LogP contribution in [0.15, 0.2) is 127 Å². The van der Waals surface area contributed by atoms with E-state index in [0.29, 0.717) is 0 Å². The van der Waals surface area contributed by atoms with Gasteiger partial charge in [-0.25, -0.2) is 0 Å². The van der Waals surface area contributed by atoms with Crippen LogP contribution in [0.4, 0.5) is 0 Å². The molecule has 7 aromatic rings. The van der Waals surface area contributed by atoms with Crippen molar-refractivity contribution in [2.24, 2.45) is 0 Å². The average molecular weight is 598 g/mol. The molecule has 0 aromatic heterocycles. The maximum atomic E-state index is 2.35. The molecule has 0 bridgehead atoms. The molecule has 190 valence electrons. The van der Waals surface area contributed by atoms with Gasteiger partial charge in [0.05, 0.1) is 0 Å². The minimum atomic E-state index is -0.122. The fourth-order valence-corrected chi connectivity index (χ4v) is 7.07. The van der Waals surface area contributed by atoms with Gasteiger partial charge in [-0.2, -0.15) is 12.1 Å². The molecule has 39 heavy (non-hydrogen) atoms.